The molecule has 0 aliphatic rings. The molecular formula is C30H38F2O. The highest BCUT2D eigenvalue weighted by Crippen LogP contribution is 2.47. The SMILES string of the molecule is CCC(C)(CC)c1c2ccccc2c(C(C)(CC)CC)c2cc(COCC=C(F)F)ccc12. The maximum absolute atomic E-state index is 12.4. The predicted octanol–water partition coefficient (Wildman–Crippen LogP) is 9.45. The van der Waals surface area contributed by atoms with E-state index in [1.54, 1.807) is 0 Å². The van der Waals surface area contributed by atoms with Crippen molar-refractivity contribution in [2.24, 2.45) is 0 Å². The van der Waals surface area contributed by atoms with Crippen molar-refractivity contribution >= 4 is 21.5 Å². The smallest absolute Gasteiger partial charge is 0.268 e. The lowest BCUT2D eigenvalue weighted by Crippen LogP contribution is -2.24. The normalized spacial score (nSPS) is 12.5. The number of benzene rings is 3. The highest BCUT2D eigenvalue weighted by molar-refractivity contribution is 6.07. The van der Waals surface area contributed by atoms with Crippen LogP contribution in [-0.4, -0.2) is 6.61 Å². The number of hydrogen-bond acceptors (Lipinski definition) is 1. The Kier molecular flexibility index (Phi) is 7.95. The molecule has 3 rings (SSSR count). The molecule has 0 saturated carbocycles. The Morgan fingerprint density at radius 1 is 0.758 bits per heavy atom. The number of hydrogen-bond donors (Lipinski definition) is 0. The second kappa shape index (κ2) is 10.3. The van der Waals surface area contributed by atoms with Crippen molar-refractivity contribution < 1.29 is 13.5 Å². The van der Waals surface area contributed by atoms with Crippen LogP contribution in [0.5, 0.6) is 0 Å². The summed E-state index contributed by atoms with van der Waals surface area (Å²) < 4.78 is 30.3. The molecule has 1 nitrogen and oxygen atoms in total. The van der Waals surface area contributed by atoms with E-state index >= 15 is 0 Å². The molecule has 0 N–H and O–H groups in total. The predicted molar refractivity (Wildman–Crippen MR) is 137 cm³/mol. The van der Waals surface area contributed by atoms with Crippen molar-refractivity contribution in [1.29, 1.82) is 0 Å². The van der Waals surface area contributed by atoms with Gasteiger partial charge in [0.2, 0.25) is 0 Å². The summed E-state index contributed by atoms with van der Waals surface area (Å²) in [4.78, 5) is 0. The monoisotopic (exact) mass is 452 g/mol. The van der Waals surface area contributed by atoms with Crippen molar-refractivity contribution in [3.63, 3.8) is 0 Å². The molecule has 0 spiro atoms. The number of fused-ring (bicyclic) bond motifs is 2. The Labute approximate surface area is 197 Å². The van der Waals surface area contributed by atoms with Crippen molar-refractivity contribution in [1.82, 2.24) is 0 Å². The first-order valence-corrected chi connectivity index (χ1v) is 12.3. The van der Waals surface area contributed by atoms with E-state index in [-0.39, 0.29) is 17.4 Å². The van der Waals surface area contributed by atoms with Gasteiger partial charge in [0.25, 0.3) is 6.08 Å². The number of ether oxygens (including phenoxy) is 1. The fourth-order valence-corrected chi connectivity index (χ4v) is 5.12. The van der Waals surface area contributed by atoms with Gasteiger partial charge in [0, 0.05) is 6.08 Å². The molecule has 0 atom stereocenters. The molecule has 0 aromatic heterocycles. The van der Waals surface area contributed by atoms with Gasteiger partial charge in [0.05, 0.1) is 13.2 Å². The molecule has 0 aliphatic heterocycles. The Bertz CT molecular complexity index is 1130. The van der Waals surface area contributed by atoms with Crippen LogP contribution in [0.15, 0.2) is 54.6 Å². The van der Waals surface area contributed by atoms with Crippen LogP contribution in [0.25, 0.3) is 21.5 Å². The molecule has 0 fully saturated rings. The lowest BCUT2D eigenvalue weighted by Gasteiger charge is -2.36. The first kappa shape index (κ1) is 25.4. The van der Waals surface area contributed by atoms with Gasteiger partial charge >= 0.3 is 0 Å². The lowest BCUT2D eigenvalue weighted by molar-refractivity contribution is 0.146. The summed E-state index contributed by atoms with van der Waals surface area (Å²) in [5.74, 6) is 0. The molecule has 0 radical (unpaired) electrons. The number of rotatable bonds is 10. The van der Waals surface area contributed by atoms with Gasteiger partial charge in [-0.25, -0.2) is 0 Å². The topological polar surface area (TPSA) is 9.23 Å². The third kappa shape index (κ3) is 4.84. The van der Waals surface area contributed by atoms with E-state index in [0.717, 1.165) is 37.3 Å². The van der Waals surface area contributed by atoms with Crippen LogP contribution in [0, 0.1) is 0 Å². The minimum atomic E-state index is -1.70. The van der Waals surface area contributed by atoms with E-state index in [0.29, 0.717) is 6.61 Å². The molecule has 178 valence electrons. The van der Waals surface area contributed by atoms with E-state index in [4.69, 9.17) is 4.74 Å². The highest BCUT2D eigenvalue weighted by atomic mass is 19.3. The van der Waals surface area contributed by atoms with Gasteiger partial charge in [-0.05, 0) is 80.8 Å². The molecule has 0 bridgehead atoms. The fourth-order valence-electron chi connectivity index (χ4n) is 5.12. The molecule has 0 heterocycles. The van der Waals surface area contributed by atoms with E-state index in [1.807, 2.05) is 0 Å². The van der Waals surface area contributed by atoms with Gasteiger partial charge in [-0.1, -0.05) is 77.9 Å². The average Bonchev–Trinajstić information content (AvgIpc) is 2.84. The molecule has 0 saturated heterocycles. The molecule has 0 aliphatic carbocycles. The van der Waals surface area contributed by atoms with Gasteiger partial charge in [-0.2, -0.15) is 8.78 Å². The molecule has 3 heteroatoms. The fraction of sp³-hybridized carbons (Fsp3) is 0.467. The zero-order valence-electron chi connectivity index (χ0n) is 21.0. The van der Waals surface area contributed by atoms with Crippen LogP contribution in [-0.2, 0) is 22.2 Å². The van der Waals surface area contributed by atoms with Crippen LogP contribution >= 0.6 is 0 Å². The summed E-state index contributed by atoms with van der Waals surface area (Å²) in [7, 11) is 0. The van der Waals surface area contributed by atoms with Crippen LogP contribution < -0.4 is 0 Å². The molecule has 3 aromatic rings. The van der Waals surface area contributed by atoms with Crippen molar-refractivity contribution in [2.75, 3.05) is 6.61 Å². The quantitative estimate of drug-likeness (QED) is 0.220. The third-order valence-corrected chi connectivity index (χ3v) is 8.04. The summed E-state index contributed by atoms with van der Waals surface area (Å²) in [6, 6.07) is 15.4. The van der Waals surface area contributed by atoms with Gasteiger partial charge in [-0.3, -0.25) is 0 Å². The largest absolute Gasteiger partial charge is 0.373 e. The van der Waals surface area contributed by atoms with Gasteiger partial charge in [-0.15, -0.1) is 0 Å². The van der Waals surface area contributed by atoms with Crippen molar-refractivity contribution in [3.8, 4) is 0 Å². The zero-order valence-corrected chi connectivity index (χ0v) is 21.0. The van der Waals surface area contributed by atoms with Crippen molar-refractivity contribution in [2.45, 2.75) is 84.7 Å². The maximum Gasteiger partial charge on any atom is 0.268 e. The lowest BCUT2D eigenvalue weighted by atomic mass is 9.68. The molecule has 33 heavy (non-hydrogen) atoms. The summed E-state index contributed by atoms with van der Waals surface area (Å²) in [6.07, 6.45) is 3.33. The summed E-state index contributed by atoms with van der Waals surface area (Å²) in [5.41, 5.74) is 3.93. The van der Waals surface area contributed by atoms with E-state index < -0.39 is 6.08 Å². The maximum atomic E-state index is 12.4. The Balaban J connectivity index is 2.37. The summed E-state index contributed by atoms with van der Waals surface area (Å²) in [5, 5.41) is 5.27. The second-order valence-electron chi connectivity index (χ2n) is 9.72. The van der Waals surface area contributed by atoms with E-state index in [9.17, 15) is 8.78 Å². The zero-order chi connectivity index (χ0) is 24.2. The summed E-state index contributed by atoms with van der Waals surface area (Å²) >= 11 is 0. The first-order valence-electron chi connectivity index (χ1n) is 12.3. The Hall–Kier alpha value is -2.26. The van der Waals surface area contributed by atoms with E-state index in [2.05, 4.69) is 84.0 Å². The molecular weight excluding hydrogens is 414 g/mol. The highest BCUT2D eigenvalue weighted by Gasteiger charge is 2.32. The Morgan fingerprint density at radius 3 is 1.73 bits per heavy atom. The van der Waals surface area contributed by atoms with Crippen LogP contribution in [0.2, 0.25) is 0 Å². The van der Waals surface area contributed by atoms with Crippen LogP contribution in [0.4, 0.5) is 8.78 Å². The van der Waals surface area contributed by atoms with Crippen LogP contribution in [0.3, 0.4) is 0 Å². The number of halogens is 2. The van der Waals surface area contributed by atoms with Gasteiger partial charge < -0.3 is 4.74 Å². The second-order valence-corrected chi connectivity index (χ2v) is 9.72. The minimum Gasteiger partial charge on any atom is -0.373 e. The van der Waals surface area contributed by atoms with Crippen molar-refractivity contribution in [3.05, 3.63) is 71.3 Å². The summed E-state index contributed by atoms with van der Waals surface area (Å²) in [6.45, 7) is 14.1. The van der Waals surface area contributed by atoms with Gasteiger partial charge in [0.15, 0.2) is 0 Å². The molecule has 0 unspecified atom stereocenters. The molecule has 3 aromatic carbocycles. The standard InChI is InChI=1S/C30H38F2O/c1-7-29(5,8-2)27-22-13-11-12-14-23(22)28(30(6,9-3)10-4)25-19-21(15-16-24(25)27)20-33-18-17-26(31)32/h11-17,19H,7-10,18,20H2,1-6H3. The van der Waals surface area contributed by atoms with E-state index in [1.165, 1.54) is 32.7 Å². The third-order valence-electron chi connectivity index (χ3n) is 8.04. The van der Waals surface area contributed by atoms with Crippen LogP contribution in [0.1, 0.15) is 83.9 Å². The molecule has 0 amide bonds. The average molecular weight is 453 g/mol. The minimum absolute atomic E-state index is 0.0325. The van der Waals surface area contributed by atoms with Gasteiger partial charge in [0.1, 0.15) is 0 Å². The first-order chi connectivity index (χ1) is 15.7. The Morgan fingerprint density at radius 2 is 1.24 bits per heavy atom.